The van der Waals surface area contributed by atoms with Crippen LogP contribution in [0.5, 0.6) is 5.75 Å². The summed E-state index contributed by atoms with van der Waals surface area (Å²) in [6.07, 6.45) is 3.78. The van der Waals surface area contributed by atoms with Gasteiger partial charge in [0.25, 0.3) is 0 Å². The van der Waals surface area contributed by atoms with Crippen molar-refractivity contribution in [2.75, 3.05) is 7.11 Å². The quantitative estimate of drug-likeness (QED) is 0.128. The van der Waals surface area contributed by atoms with E-state index in [2.05, 4.69) is 148 Å². The van der Waals surface area contributed by atoms with Crippen LogP contribution >= 0.6 is 17.0 Å². The van der Waals surface area contributed by atoms with Gasteiger partial charge in [-0.2, -0.15) is 12.1 Å². The van der Waals surface area contributed by atoms with Gasteiger partial charge in [0.2, 0.25) is 0 Å². The fourth-order valence-electron chi connectivity index (χ4n) is 7.69. The summed E-state index contributed by atoms with van der Waals surface area (Å²) in [4.78, 5) is 0. The van der Waals surface area contributed by atoms with Gasteiger partial charge in [-0.05, 0) is 74.6 Å². The van der Waals surface area contributed by atoms with Crippen molar-refractivity contribution in [2.45, 2.75) is 100 Å². The first-order valence-corrected chi connectivity index (χ1v) is 26.2. The van der Waals surface area contributed by atoms with E-state index in [-0.39, 0.29) is 5.41 Å². The Morgan fingerprint density at radius 1 is 0.647 bits per heavy atom. The molecule has 0 bridgehead atoms. The third-order valence-electron chi connectivity index (χ3n) is 9.37. The molecular weight excluding hydrogens is 759 g/mol. The van der Waals surface area contributed by atoms with Crippen LogP contribution in [0, 0.1) is 41.5 Å². The molecular formula is C46H54Cl2OSiZr. The molecule has 6 aromatic rings. The van der Waals surface area contributed by atoms with Gasteiger partial charge in [0.05, 0.1) is 7.11 Å². The van der Waals surface area contributed by atoms with Crippen LogP contribution in [0.2, 0.25) is 13.1 Å². The molecule has 1 aliphatic rings. The molecule has 7 rings (SSSR count). The molecule has 0 saturated carbocycles. The molecule has 0 N–H and O–H groups in total. The molecule has 2 radical (unpaired) electrons. The first-order chi connectivity index (χ1) is 24.1. The van der Waals surface area contributed by atoms with Gasteiger partial charge in [0, 0.05) is 9.52 Å². The SMILES string of the molecule is COc1c(C(C)(C)C)cc2[cH-]c(C)cc2c1-c1cc(C)cc(C)c1.C[Si]C.Cc1cc(C)cc(-c2c3c(cc4[cH-]c(C)cc24)CCC3)c1.[Cl][Zr+2][Cl]. The number of hydrogen-bond donors (Lipinski definition) is 0. The van der Waals surface area contributed by atoms with Crippen LogP contribution in [0.3, 0.4) is 0 Å². The summed E-state index contributed by atoms with van der Waals surface area (Å²) in [6.45, 7) is 24.1. The van der Waals surface area contributed by atoms with Gasteiger partial charge in [0.15, 0.2) is 0 Å². The second-order valence-electron chi connectivity index (χ2n) is 15.2. The molecule has 0 spiro atoms. The zero-order chi connectivity index (χ0) is 37.6. The van der Waals surface area contributed by atoms with E-state index in [1.807, 2.05) is 0 Å². The molecule has 0 unspecified atom stereocenters. The minimum atomic E-state index is -0.826. The van der Waals surface area contributed by atoms with E-state index in [0.717, 1.165) is 15.3 Å². The molecule has 6 aromatic carbocycles. The number of methoxy groups -OCH3 is 1. The van der Waals surface area contributed by atoms with Crippen molar-refractivity contribution in [3.8, 4) is 28.0 Å². The van der Waals surface area contributed by atoms with Crippen LogP contribution in [0.1, 0.15) is 77.3 Å². The number of aryl methyl sites for hydroxylation is 7. The standard InChI is InChI=1S/C23H27O.C21H21.C2H6Si.2ClH.Zr/c1-14-8-15(2)11-18(10-14)21-19-12-16(3)9-17(19)13-20(22(21)24-7)23(4,5)6;1-13-7-14(2)10-18(9-13)21-19-6-4-5-16(19)12-17-8-15(3)11-20(17)21;1-3-2;;;/h8-13H,1-7H3;7-12H,4-6H2,1-3H3;1-2H3;2*1H;/q2*-1;;;;+4/p-2. The average molecular weight is 813 g/mol. The zero-order valence-corrected chi connectivity index (χ0v) is 37.7. The number of halogens is 2. The molecule has 1 nitrogen and oxygen atoms in total. The molecule has 0 amide bonds. The molecule has 0 aromatic heterocycles. The predicted octanol–water partition coefficient (Wildman–Crippen LogP) is 14.3. The summed E-state index contributed by atoms with van der Waals surface area (Å²) in [5.74, 6) is 1.01. The Balaban J connectivity index is 0.000000199. The van der Waals surface area contributed by atoms with Gasteiger partial charge in [-0.25, -0.2) is 0 Å². The van der Waals surface area contributed by atoms with E-state index >= 15 is 0 Å². The van der Waals surface area contributed by atoms with E-state index < -0.39 is 20.8 Å². The molecule has 0 saturated heterocycles. The molecule has 51 heavy (non-hydrogen) atoms. The number of fused-ring (bicyclic) bond motifs is 3. The van der Waals surface area contributed by atoms with E-state index in [1.165, 1.54) is 102 Å². The first kappa shape index (κ1) is 41.3. The van der Waals surface area contributed by atoms with Crippen LogP contribution in [-0.4, -0.2) is 16.6 Å². The van der Waals surface area contributed by atoms with Crippen molar-refractivity contribution in [1.29, 1.82) is 0 Å². The Kier molecular flexibility index (Phi) is 14.6. The molecule has 0 aliphatic heterocycles. The van der Waals surface area contributed by atoms with Crippen molar-refractivity contribution in [3.63, 3.8) is 0 Å². The maximum atomic E-state index is 5.95. The molecule has 1 aliphatic carbocycles. The molecule has 0 heterocycles. The number of hydrogen-bond acceptors (Lipinski definition) is 1. The number of ether oxygens (including phenoxy) is 1. The second kappa shape index (κ2) is 18.1. The van der Waals surface area contributed by atoms with Crippen molar-refractivity contribution in [3.05, 3.63) is 123 Å². The van der Waals surface area contributed by atoms with Gasteiger partial charge in [-0.3, -0.25) is 0 Å². The summed E-state index contributed by atoms with van der Waals surface area (Å²) < 4.78 is 5.95. The normalized spacial score (nSPS) is 11.9. The zero-order valence-electron chi connectivity index (χ0n) is 32.7. The number of rotatable bonds is 3. The van der Waals surface area contributed by atoms with Crippen LogP contribution < -0.4 is 4.74 Å². The predicted molar refractivity (Wildman–Crippen MR) is 225 cm³/mol. The van der Waals surface area contributed by atoms with Crippen LogP contribution in [0.4, 0.5) is 0 Å². The van der Waals surface area contributed by atoms with E-state index in [9.17, 15) is 0 Å². The molecule has 266 valence electrons. The fraction of sp³-hybridized carbons (Fsp3) is 0.348. The molecule has 0 atom stereocenters. The summed E-state index contributed by atoms with van der Waals surface area (Å²) in [5.41, 5.74) is 17.8. The summed E-state index contributed by atoms with van der Waals surface area (Å²) in [6, 6.07) is 27.7. The van der Waals surface area contributed by atoms with Crippen molar-refractivity contribution < 1.29 is 25.6 Å². The molecule has 0 fully saturated rings. The van der Waals surface area contributed by atoms with E-state index in [4.69, 9.17) is 21.8 Å². The Morgan fingerprint density at radius 3 is 1.53 bits per heavy atom. The Hall–Kier alpha value is -2.42. The Labute approximate surface area is 329 Å². The summed E-state index contributed by atoms with van der Waals surface area (Å²) in [5, 5.41) is 5.44. The molecule has 5 heteroatoms. The first-order valence-electron chi connectivity index (χ1n) is 17.9. The van der Waals surface area contributed by atoms with E-state index in [1.54, 1.807) is 18.2 Å². The summed E-state index contributed by atoms with van der Waals surface area (Å²) in [7, 11) is 12.7. The van der Waals surface area contributed by atoms with Crippen molar-refractivity contribution in [2.24, 2.45) is 0 Å². The van der Waals surface area contributed by atoms with E-state index in [0.29, 0.717) is 0 Å². The maximum absolute atomic E-state index is 5.95. The van der Waals surface area contributed by atoms with Crippen LogP contribution in [-0.2, 0) is 39.1 Å². The Morgan fingerprint density at radius 2 is 1.08 bits per heavy atom. The van der Waals surface area contributed by atoms with Crippen molar-refractivity contribution >= 4 is 48.1 Å². The Bertz CT molecular complexity index is 2070. The second-order valence-corrected chi connectivity index (χ2v) is 20.0. The van der Waals surface area contributed by atoms with Gasteiger partial charge < -0.3 is 4.74 Å². The fourth-order valence-corrected chi connectivity index (χ4v) is 7.69. The van der Waals surface area contributed by atoms with Gasteiger partial charge in [0.1, 0.15) is 5.75 Å². The van der Waals surface area contributed by atoms with Gasteiger partial charge in [-0.15, -0.1) is 56.9 Å². The average Bonchev–Trinajstić information content (AvgIpc) is 3.75. The van der Waals surface area contributed by atoms with Crippen molar-refractivity contribution in [1.82, 2.24) is 0 Å². The minimum absolute atomic E-state index is 0.0261. The van der Waals surface area contributed by atoms with Gasteiger partial charge in [-0.1, -0.05) is 123 Å². The monoisotopic (exact) mass is 810 g/mol. The third-order valence-corrected chi connectivity index (χ3v) is 9.37. The van der Waals surface area contributed by atoms with Crippen LogP contribution in [0.15, 0.2) is 72.8 Å². The third kappa shape index (κ3) is 9.97. The topological polar surface area (TPSA) is 9.23 Å². The van der Waals surface area contributed by atoms with Gasteiger partial charge >= 0.3 is 37.9 Å². The number of benzene rings is 4. The summed E-state index contributed by atoms with van der Waals surface area (Å²) >= 11 is -0.826. The van der Waals surface area contributed by atoms with Crippen LogP contribution in [0.25, 0.3) is 43.8 Å².